The molecular formula is C11H20N4O. The van der Waals surface area contributed by atoms with Gasteiger partial charge < -0.3 is 11.1 Å². The third-order valence-corrected chi connectivity index (χ3v) is 2.29. The molecule has 0 unspecified atom stereocenters. The van der Waals surface area contributed by atoms with Gasteiger partial charge in [0.2, 0.25) is 0 Å². The molecule has 90 valence electrons. The summed E-state index contributed by atoms with van der Waals surface area (Å²) >= 11 is 0. The molecule has 1 aromatic rings. The molecule has 1 heterocycles. The predicted octanol–water partition coefficient (Wildman–Crippen LogP) is 1.58. The van der Waals surface area contributed by atoms with Gasteiger partial charge in [-0.2, -0.15) is 5.10 Å². The Labute approximate surface area is 96.0 Å². The van der Waals surface area contributed by atoms with E-state index in [0.29, 0.717) is 18.1 Å². The summed E-state index contributed by atoms with van der Waals surface area (Å²) in [6.07, 6.45) is 2.04. The van der Waals surface area contributed by atoms with Gasteiger partial charge in [-0.15, -0.1) is 0 Å². The van der Waals surface area contributed by atoms with Crippen molar-refractivity contribution in [3.63, 3.8) is 0 Å². The zero-order valence-corrected chi connectivity index (χ0v) is 10.2. The van der Waals surface area contributed by atoms with E-state index in [1.54, 1.807) is 10.7 Å². The maximum absolute atomic E-state index is 11.8. The predicted molar refractivity (Wildman–Crippen MR) is 64.3 cm³/mol. The summed E-state index contributed by atoms with van der Waals surface area (Å²) in [6, 6.07) is 1.74. The van der Waals surface area contributed by atoms with Crippen LogP contribution >= 0.6 is 0 Å². The minimum absolute atomic E-state index is 0.105. The lowest BCUT2D eigenvalue weighted by Gasteiger charge is -2.10. The number of carbonyl (C=O) groups is 1. The molecule has 5 nitrogen and oxygen atoms in total. The number of rotatable bonds is 5. The lowest BCUT2D eigenvalue weighted by Crippen LogP contribution is -2.27. The lowest BCUT2D eigenvalue weighted by atomic mass is 10.3. The first-order chi connectivity index (χ1) is 7.56. The number of nitrogen functional groups attached to an aromatic ring is 1. The van der Waals surface area contributed by atoms with Crippen molar-refractivity contribution in [3.05, 3.63) is 11.8 Å². The largest absolute Gasteiger partial charge is 0.382 e. The van der Waals surface area contributed by atoms with Crippen LogP contribution in [0.3, 0.4) is 0 Å². The summed E-state index contributed by atoms with van der Waals surface area (Å²) in [5.74, 6) is 0.278. The molecule has 0 aromatic carbocycles. The summed E-state index contributed by atoms with van der Waals surface area (Å²) in [6.45, 7) is 6.71. The topological polar surface area (TPSA) is 72.9 Å². The second-order valence-electron chi connectivity index (χ2n) is 4.10. The van der Waals surface area contributed by atoms with Gasteiger partial charge in [0.15, 0.2) is 0 Å². The molecule has 1 aromatic heterocycles. The molecule has 0 saturated heterocycles. The molecule has 0 atom stereocenters. The highest BCUT2D eigenvalue weighted by Gasteiger charge is 2.15. The fraction of sp³-hybridized carbons (Fsp3) is 0.636. The van der Waals surface area contributed by atoms with Gasteiger partial charge >= 0.3 is 0 Å². The fourth-order valence-corrected chi connectivity index (χ4v) is 1.45. The summed E-state index contributed by atoms with van der Waals surface area (Å²) in [7, 11) is 0. The van der Waals surface area contributed by atoms with Crippen molar-refractivity contribution < 1.29 is 4.79 Å². The Morgan fingerprint density at radius 1 is 1.62 bits per heavy atom. The van der Waals surface area contributed by atoms with Gasteiger partial charge in [-0.25, -0.2) is 0 Å². The molecule has 3 N–H and O–H groups in total. The summed E-state index contributed by atoms with van der Waals surface area (Å²) in [4.78, 5) is 11.8. The lowest BCUT2D eigenvalue weighted by molar-refractivity contribution is 0.0940. The molecule has 0 bridgehead atoms. The number of carbonyl (C=O) groups excluding carboxylic acids is 1. The van der Waals surface area contributed by atoms with E-state index in [0.717, 1.165) is 12.8 Å². The number of aromatic nitrogens is 2. The summed E-state index contributed by atoms with van der Waals surface area (Å²) in [5, 5.41) is 6.95. The van der Waals surface area contributed by atoms with E-state index < -0.39 is 0 Å². The van der Waals surface area contributed by atoms with E-state index in [1.165, 1.54) is 0 Å². The van der Waals surface area contributed by atoms with Crippen LogP contribution in [0.2, 0.25) is 0 Å². The van der Waals surface area contributed by atoms with E-state index in [1.807, 2.05) is 13.8 Å². The number of hydrogen-bond acceptors (Lipinski definition) is 3. The molecular weight excluding hydrogens is 204 g/mol. The highest BCUT2D eigenvalue weighted by atomic mass is 16.2. The minimum Gasteiger partial charge on any atom is -0.382 e. The van der Waals surface area contributed by atoms with Crippen LogP contribution in [-0.4, -0.2) is 22.2 Å². The van der Waals surface area contributed by atoms with Gasteiger partial charge in [-0.05, 0) is 20.3 Å². The second-order valence-corrected chi connectivity index (χ2v) is 4.10. The molecule has 5 heteroatoms. The molecule has 1 rings (SSSR count). The van der Waals surface area contributed by atoms with Crippen molar-refractivity contribution in [2.75, 3.05) is 12.3 Å². The Morgan fingerprint density at radius 3 is 2.88 bits per heavy atom. The molecule has 0 fully saturated rings. The molecule has 0 aliphatic heterocycles. The molecule has 0 saturated carbocycles. The maximum Gasteiger partial charge on any atom is 0.269 e. The number of nitrogens with two attached hydrogens (primary N) is 1. The van der Waals surface area contributed by atoms with Gasteiger partial charge in [0.25, 0.3) is 5.91 Å². The summed E-state index contributed by atoms with van der Waals surface area (Å²) in [5.41, 5.74) is 6.13. The van der Waals surface area contributed by atoms with Crippen molar-refractivity contribution in [2.24, 2.45) is 0 Å². The average molecular weight is 224 g/mol. The quantitative estimate of drug-likeness (QED) is 0.746. The van der Waals surface area contributed by atoms with Gasteiger partial charge in [0, 0.05) is 18.7 Å². The first-order valence-electron chi connectivity index (χ1n) is 5.69. The summed E-state index contributed by atoms with van der Waals surface area (Å²) < 4.78 is 1.65. The number of unbranched alkanes of at least 4 members (excludes halogenated alkanes) is 1. The zero-order valence-electron chi connectivity index (χ0n) is 10.2. The van der Waals surface area contributed by atoms with Crippen LogP contribution in [-0.2, 0) is 0 Å². The monoisotopic (exact) mass is 224 g/mol. The fourth-order valence-electron chi connectivity index (χ4n) is 1.45. The van der Waals surface area contributed by atoms with Gasteiger partial charge in [-0.3, -0.25) is 9.48 Å². The van der Waals surface area contributed by atoms with Crippen molar-refractivity contribution in [3.8, 4) is 0 Å². The van der Waals surface area contributed by atoms with Crippen LogP contribution in [0.4, 0.5) is 5.82 Å². The van der Waals surface area contributed by atoms with E-state index in [4.69, 9.17) is 5.73 Å². The Hall–Kier alpha value is -1.52. The Bertz CT molecular complexity index is 357. The smallest absolute Gasteiger partial charge is 0.269 e. The Kier molecular flexibility index (Phi) is 4.34. The zero-order chi connectivity index (χ0) is 12.1. The first-order valence-corrected chi connectivity index (χ1v) is 5.69. The van der Waals surface area contributed by atoms with E-state index in [-0.39, 0.29) is 11.9 Å². The van der Waals surface area contributed by atoms with Gasteiger partial charge in [-0.1, -0.05) is 13.3 Å². The number of amides is 1. The first kappa shape index (κ1) is 12.5. The Morgan fingerprint density at radius 2 is 2.31 bits per heavy atom. The molecule has 0 radical (unpaired) electrons. The van der Waals surface area contributed by atoms with Crippen LogP contribution in [0.15, 0.2) is 6.07 Å². The van der Waals surface area contributed by atoms with Crippen molar-refractivity contribution in [1.29, 1.82) is 0 Å². The van der Waals surface area contributed by atoms with E-state index in [2.05, 4.69) is 17.3 Å². The second kappa shape index (κ2) is 5.53. The van der Waals surface area contributed by atoms with Gasteiger partial charge in [0.05, 0.1) is 0 Å². The highest BCUT2D eigenvalue weighted by Crippen LogP contribution is 2.12. The van der Waals surface area contributed by atoms with E-state index >= 15 is 0 Å². The normalized spacial score (nSPS) is 10.8. The molecule has 0 aliphatic rings. The standard InChI is InChI=1S/C11H20N4O/c1-4-5-6-13-11(16)9-7-10(12)14-15(9)8(2)3/h7-8H,4-6H2,1-3H3,(H2,12,14)(H,13,16). The number of anilines is 1. The third kappa shape index (κ3) is 2.98. The highest BCUT2D eigenvalue weighted by molar-refractivity contribution is 5.93. The van der Waals surface area contributed by atoms with Crippen molar-refractivity contribution >= 4 is 11.7 Å². The molecule has 1 amide bonds. The van der Waals surface area contributed by atoms with Crippen LogP contribution < -0.4 is 11.1 Å². The molecule has 0 spiro atoms. The van der Waals surface area contributed by atoms with Crippen molar-refractivity contribution in [2.45, 2.75) is 39.7 Å². The van der Waals surface area contributed by atoms with Crippen molar-refractivity contribution in [1.82, 2.24) is 15.1 Å². The van der Waals surface area contributed by atoms with Crippen LogP contribution in [0, 0.1) is 0 Å². The number of nitrogens with zero attached hydrogens (tertiary/aromatic N) is 2. The molecule has 0 aliphatic carbocycles. The average Bonchev–Trinajstić information content (AvgIpc) is 2.61. The SMILES string of the molecule is CCCCNC(=O)c1cc(N)nn1C(C)C. The number of nitrogens with one attached hydrogen (secondary N) is 1. The Balaban J connectivity index is 2.74. The molecule has 16 heavy (non-hydrogen) atoms. The van der Waals surface area contributed by atoms with Crippen LogP contribution in [0.5, 0.6) is 0 Å². The van der Waals surface area contributed by atoms with Gasteiger partial charge in [0.1, 0.15) is 11.5 Å². The van der Waals surface area contributed by atoms with Crippen LogP contribution in [0.25, 0.3) is 0 Å². The minimum atomic E-state index is -0.105. The third-order valence-electron chi connectivity index (χ3n) is 2.29. The number of hydrogen-bond donors (Lipinski definition) is 2. The van der Waals surface area contributed by atoms with E-state index in [9.17, 15) is 4.79 Å². The maximum atomic E-state index is 11.8. The van der Waals surface area contributed by atoms with Crippen LogP contribution in [0.1, 0.15) is 50.1 Å².